The first-order valence-electron chi connectivity index (χ1n) is 9.69. The number of likely N-dealkylation sites (tertiary alicyclic amines) is 1. The molecule has 2 amide bonds. The van der Waals surface area contributed by atoms with Gasteiger partial charge in [-0.15, -0.1) is 0 Å². The third kappa shape index (κ3) is 4.37. The van der Waals surface area contributed by atoms with Crippen LogP contribution in [0.1, 0.15) is 30.0 Å². The first kappa shape index (κ1) is 18.9. The van der Waals surface area contributed by atoms with Gasteiger partial charge in [-0.05, 0) is 55.7 Å². The Labute approximate surface area is 169 Å². The molecule has 3 aromatic rings. The summed E-state index contributed by atoms with van der Waals surface area (Å²) in [5, 5.41) is 7.27. The van der Waals surface area contributed by atoms with E-state index in [0.717, 1.165) is 37.2 Å². The summed E-state index contributed by atoms with van der Waals surface area (Å²) >= 11 is 0. The molecule has 8 heteroatoms. The fraction of sp³-hybridized carbons (Fsp3) is 0.333. The Morgan fingerprint density at radius 1 is 1.14 bits per heavy atom. The highest BCUT2D eigenvalue weighted by Crippen LogP contribution is 2.28. The van der Waals surface area contributed by atoms with Crippen molar-refractivity contribution in [3.63, 3.8) is 0 Å². The van der Waals surface area contributed by atoms with E-state index < -0.39 is 0 Å². The number of nitrogens with one attached hydrogen (secondary N) is 1. The molecule has 1 saturated heterocycles. The molecule has 0 bridgehead atoms. The van der Waals surface area contributed by atoms with Crippen LogP contribution in [0.15, 0.2) is 48.9 Å². The van der Waals surface area contributed by atoms with Gasteiger partial charge in [0.25, 0.3) is 0 Å². The minimum absolute atomic E-state index is 0.0726. The number of carbonyl (C=O) groups is 1. The first-order chi connectivity index (χ1) is 14.1. The van der Waals surface area contributed by atoms with Gasteiger partial charge in [-0.2, -0.15) is 5.10 Å². The number of aromatic nitrogens is 4. The lowest BCUT2D eigenvalue weighted by Gasteiger charge is -2.32. The fourth-order valence-corrected chi connectivity index (χ4v) is 3.64. The molecular formula is C21H24N6O2. The van der Waals surface area contributed by atoms with Crippen molar-refractivity contribution < 1.29 is 9.53 Å². The molecule has 0 aliphatic carbocycles. The Kier molecular flexibility index (Phi) is 5.41. The van der Waals surface area contributed by atoms with E-state index in [2.05, 4.69) is 26.4 Å². The summed E-state index contributed by atoms with van der Waals surface area (Å²) in [6.07, 6.45) is 6.96. The van der Waals surface area contributed by atoms with Crippen LogP contribution in [-0.4, -0.2) is 43.8 Å². The summed E-state index contributed by atoms with van der Waals surface area (Å²) in [6.45, 7) is 3.39. The standard InChI is InChI=1S/C21H24N6O2/c1-15-14-17(29-20-22-9-3-10-23-20)4-5-18(15)25-21(28)27-12-7-16(8-13-27)19-6-11-24-26(19)2/h3-6,9-11,14,16H,7-8,12-13H2,1-2H3,(H,25,28). The molecule has 3 heterocycles. The van der Waals surface area contributed by atoms with Gasteiger partial charge in [0, 0.05) is 56.0 Å². The van der Waals surface area contributed by atoms with Gasteiger partial charge in [0.2, 0.25) is 0 Å². The molecule has 1 aromatic carbocycles. The largest absolute Gasteiger partial charge is 0.424 e. The second-order valence-electron chi connectivity index (χ2n) is 7.18. The van der Waals surface area contributed by atoms with Crippen LogP contribution >= 0.6 is 0 Å². The highest BCUT2D eigenvalue weighted by atomic mass is 16.5. The fourth-order valence-electron chi connectivity index (χ4n) is 3.64. The minimum Gasteiger partial charge on any atom is -0.424 e. The predicted octanol–water partition coefficient (Wildman–Crippen LogP) is 3.72. The Morgan fingerprint density at radius 3 is 2.55 bits per heavy atom. The monoisotopic (exact) mass is 392 g/mol. The van der Waals surface area contributed by atoms with Crippen molar-refractivity contribution in [2.24, 2.45) is 7.05 Å². The van der Waals surface area contributed by atoms with E-state index in [4.69, 9.17) is 4.74 Å². The van der Waals surface area contributed by atoms with Crippen LogP contribution in [0.4, 0.5) is 10.5 Å². The summed E-state index contributed by atoms with van der Waals surface area (Å²) in [4.78, 5) is 22.7. The normalized spacial score (nSPS) is 14.6. The molecule has 0 atom stereocenters. The van der Waals surface area contributed by atoms with E-state index in [1.807, 2.05) is 41.9 Å². The van der Waals surface area contributed by atoms with E-state index in [-0.39, 0.29) is 6.03 Å². The molecule has 0 spiro atoms. The van der Waals surface area contributed by atoms with Crippen molar-refractivity contribution in [3.8, 4) is 11.8 Å². The number of hydrogen-bond acceptors (Lipinski definition) is 5. The average Bonchev–Trinajstić information content (AvgIpc) is 3.17. The number of urea groups is 1. The molecule has 1 aliphatic heterocycles. The third-order valence-electron chi connectivity index (χ3n) is 5.25. The van der Waals surface area contributed by atoms with Gasteiger partial charge in [0.15, 0.2) is 0 Å². The van der Waals surface area contributed by atoms with Gasteiger partial charge in [-0.1, -0.05) is 0 Å². The summed E-state index contributed by atoms with van der Waals surface area (Å²) in [5.41, 5.74) is 2.92. The molecule has 0 unspecified atom stereocenters. The van der Waals surface area contributed by atoms with Crippen LogP contribution in [0.3, 0.4) is 0 Å². The van der Waals surface area contributed by atoms with Crippen LogP contribution in [0, 0.1) is 6.92 Å². The van der Waals surface area contributed by atoms with Crippen molar-refractivity contribution in [2.75, 3.05) is 18.4 Å². The number of ether oxygens (including phenoxy) is 1. The topological polar surface area (TPSA) is 85.2 Å². The molecule has 1 N–H and O–H groups in total. The van der Waals surface area contributed by atoms with Crippen molar-refractivity contribution >= 4 is 11.7 Å². The summed E-state index contributed by atoms with van der Waals surface area (Å²) in [7, 11) is 1.97. The molecule has 4 rings (SSSR count). The van der Waals surface area contributed by atoms with Crippen molar-refractivity contribution in [1.29, 1.82) is 0 Å². The average molecular weight is 392 g/mol. The maximum atomic E-state index is 12.7. The molecule has 150 valence electrons. The summed E-state index contributed by atoms with van der Waals surface area (Å²) < 4.78 is 7.56. The number of nitrogens with zero attached hydrogens (tertiary/aromatic N) is 5. The lowest BCUT2D eigenvalue weighted by molar-refractivity contribution is 0.193. The number of benzene rings is 1. The van der Waals surface area contributed by atoms with Crippen LogP contribution in [0.2, 0.25) is 0 Å². The second-order valence-corrected chi connectivity index (χ2v) is 7.18. The highest BCUT2D eigenvalue weighted by molar-refractivity contribution is 5.90. The van der Waals surface area contributed by atoms with E-state index in [1.54, 1.807) is 24.5 Å². The predicted molar refractivity (Wildman–Crippen MR) is 109 cm³/mol. The highest BCUT2D eigenvalue weighted by Gasteiger charge is 2.25. The second kappa shape index (κ2) is 8.30. The van der Waals surface area contributed by atoms with Crippen LogP contribution in [0.5, 0.6) is 11.8 Å². The number of rotatable bonds is 4. The van der Waals surface area contributed by atoms with Gasteiger partial charge < -0.3 is 15.0 Å². The zero-order valence-corrected chi connectivity index (χ0v) is 16.6. The number of aryl methyl sites for hydroxylation is 2. The Morgan fingerprint density at radius 2 is 1.90 bits per heavy atom. The van der Waals surface area contributed by atoms with Crippen molar-refractivity contribution in [1.82, 2.24) is 24.6 Å². The van der Waals surface area contributed by atoms with Crippen LogP contribution < -0.4 is 10.1 Å². The maximum absolute atomic E-state index is 12.7. The maximum Gasteiger partial charge on any atom is 0.321 e. The van der Waals surface area contributed by atoms with E-state index >= 15 is 0 Å². The zero-order valence-electron chi connectivity index (χ0n) is 16.6. The lowest BCUT2D eigenvalue weighted by atomic mass is 9.93. The molecule has 8 nitrogen and oxygen atoms in total. The molecule has 29 heavy (non-hydrogen) atoms. The molecular weight excluding hydrogens is 368 g/mol. The zero-order chi connectivity index (χ0) is 20.2. The number of carbonyl (C=O) groups excluding carboxylic acids is 1. The number of piperidine rings is 1. The molecule has 1 aliphatic rings. The van der Waals surface area contributed by atoms with Crippen molar-refractivity contribution in [3.05, 3.63) is 60.2 Å². The van der Waals surface area contributed by atoms with Crippen molar-refractivity contribution in [2.45, 2.75) is 25.7 Å². The summed E-state index contributed by atoms with van der Waals surface area (Å²) in [5.74, 6) is 1.08. The van der Waals surface area contributed by atoms with E-state index in [9.17, 15) is 4.79 Å². The molecule has 1 fully saturated rings. The number of hydrogen-bond donors (Lipinski definition) is 1. The van der Waals surface area contributed by atoms with Gasteiger partial charge in [0.05, 0.1) is 0 Å². The van der Waals surface area contributed by atoms with E-state index in [0.29, 0.717) is 17.7 Å². The Hall–Kier alpha value is -3.42. The SMILES string of the molecule is Cc1cc(Oc2ncccn2)ccc1NC(=O)N1CCC(c2ccnn2C)CC1. The lowest BCUT2D eigenvalue weighted by Crippen LogP contribution is -2.40. The number of amides is 2. The van der Waals surface area contributed by atoms with Gasteiger partial charge >= 0.3 is 12.0 Å². The quantitative estimate of drug-likeness (QED) is 0.731. The smallest absolute Gasteiger partial charge is 0.321 e. The van der Waals surface area contributed by atoms with Crippen LogP contribution in [0.25, 0.3) is 0 Å². The molecule has 0 radical (unpaired) electrons. The minimum atomic E-state index is -0.0726. The Balaban J connectivity index is 1.34. The van der Waals surface area contributed by atoms with Gasteiger partial charge in [0.1, 0.15) is 5.75 Å². The number of anilines is 1. The summed E-state index contributed by atoms with van der Waals surface area (Å²) in [6, 6.07) is 9.52. The van der Waals surface area contributed by atoms with Gasteiger partial charge in [-0.25, -0.2) is 14.8 Å². The molecule has 0 saturated carbocycles. The van der Waals surface area contributed by atoms with E-state index in [1.165, 1.54) is 5.69 Å². The third-order valence-corrected chi connectivity index (χ3v) is 5.25. The molecule has 2 aromatic heterocycles. The Bertz CT molecular complexity index is 980. The first-order valence-corrected chi connectivity index (χ1v) is 9.69. The van der Waals surface area contributed by atoms with Crippen LogP contribution in [-0.2, 0) is 7.05 Å². The van der Waals surface area contributed by atoms with Gasteiger partial charge in [-0.3, -0.25) is 4.68 Å².